The Balaban J connectivity index is 2.98. The molecule has 0 aliphatic heterocycles. The van der Waals surface area contributed by atoms with E-state index in [1.165, 1.54) is 13.2 Å². The van der Waals surface area contributed by atoms with E-state index in [4.69, 9.17) is 0 Å². The molecule has 0 heterocycles. The Morgan fingerprint density at radius 2 is 1.65 bits per heavy atom. The van der Waals surface area contributed by atoms with E-state index in [0.29, 0.717) is 0 Å². The molecule has 0 spiro atoms. The van der Waals surface area contributed by atoms with Crippen molar-refractivity contribution in [3.8, 4) is 0 Å². The number of carbonyl (C=O) groups is 2. The van der Waals surface area contributed by atoms with E-state index >= 15 is 0 Å². The summed E-state index contributed by atoms with van der Waals surface area (Å²) in [5.74, 6) is -0.121. The van der Waals surface area contributed by atoms with E-state index in [-0.39, 0.29) is 22.6 Å². The van der Waals surface area contributed by atoms with Gasteiger partial charge in [0.15, 0.2) is 5.78 Å². The molecule has 0 atom stereocenters. The van der Waals surface area contributed by atoms with Crippen molar-refractivity contribution >= 4 is 11.8 Å². The minimum atomic E-state index is -0.359. The van der Waals surface area contributed by atoms with Crippen molar-refractivity contribution in [2.45, 2.75) is 54.9 Å². The summed E-state index contributed by atoms with van der Waals surface area (Å²) in [6.45, 7) is 14.2. The second kappa shape index (κ2) is 8.48. The SMILES string of the molecule is COC(=O)C=C(C)C=CC=C(C)C=CC1=C(C)C(=O)C(C)(C)CC1(C)C. The zero-order valence-corrected chi connectivity index (χ0v) is 17.4. The molecular formula is C23H32O3. The Morgan fingerprint density at radius 3 is 2.23 bits per heavy atom. The lowest BCUT2D eigenvalue weighted by Gasteiger charge is -2.41. The lowest BCUT2D eigenvalue weighted by Crippen LogP contribution is -2.38. The second-order valence-electron chi connectivity index (χ2n) is 8.33. The van der Waals surface area contributed by atoms with Gasteiger partial charge in [-0.1, -0.05) is 63.6 Å². The van der Waals surface area contributed by atoms with E-state index in [9.17, 15) is 9.59 Å². The average Bonchev–Trinajstić information content (AvgIpc) is 2.51. The van der Waals surface area contributed by atoms with E-state index in [0.717, 1.165) is 28.7 Å². The topological polar surface area (TPSA) is 43.4 Å². The number of carbonyl (C=O) groups excluding carboxylic acids is 2. The highest BCUT2D eigenvalue weighted by molar-refractivity contribution is 6.01. The fourth-order valence-electron chi connectivity index (χ4n) is 3.68. The number of hydrogen-bond donors (Lipinski definition) is 0. The standard InChI is InChI=1S/C23H32O3/c1-16(10-9-11-17(2)14-20(24)26-8)12-13-19-18(3)21(25)23(6,7)15-22(19,4)5/h9-14H,15H2,1-8H3. The van der Waals surface area contributed by atoms with Crippen molar-refractivity contribution in [1.82, 2.24) is 0 Å². The maximum atomic E-state index is 12.6. The van der Waals surface area contributed by atoms with Gasteiger partial charge < -0.3 is 4.74 Å². The first kappa shape index (κ1) is 21.9. The average molecular weight is 357 g/mol. The lowest BCUT2D eigenvalue weighted by atomic mass is 9.62. The van der Waals surface area contributed by atoms with Gasteiger partial charge in [0.1, 0.15) is 0 Å². The molecule has 0 aromatic heterocycles. The van der Waals surface area contributed by atoms with Gasteiger partial charge in [-0.05, 0) is 49.3 Å². The number of rotatable bonds is 5. The van der Waals surface area contributed by atoms with Crippen LogP contribution in [0.2, 0.25) is 0 Å². The molecule has 26 heavy (non-hydrogen) atoms. The van der Waals surface area contributed by atoms with Gasteiger partial charge in [-0.3, -0.25) is 4.79 Å². The number of methoxy groups -OCH3 is 1. The molecule has 0 saturated heterocycles. The third-order valence-electron chi connectivity index (χ3n) is 4.75. The number of ketones is 1. The van der Waals surface area contributed by atoms with Crippen molar-refractivity contribution in [3.05, 3.63) is 58.7 Å². The number of hydrogen-bond acceptors (Lipinski definition) is 3. The van der Waals surface area contributed by atoms with Gasteiger partial charge in [0, 0.05) is 11.5 Å². The predicted molar refractivity (Wildman–Crippen MR) is 108 cm³/mol. The molecule has 1 aliphatic carbocycles. The zero-order valence-electron chi connectivity index (χ0n) is 17.4. The molecule has 1 rings (SSSR count). The molecule has 3 heteroatoms. The summed E-state index contributed by atoms with van der Waals surface area (Å²) in [5.41, 5.74) is 3.53. The fraction of sp³-hybridized carbons (Fsp3) is 0.478. The molecule has 0 radical (unpaired) electrons. The van der Waals surface area contributed by atoms with Crippen LogP contribution in [-0.2, 0) is 14.3 Å². The van der Waals surface area contributed by atoms with Gasteiger partial charge in [0.25, 0.3) is 0 Å². The molecular weight excluding hydrogens is 324 g/mol. The van der Waals surface area contributed by atoms with Crippen LogP contribution in [0.4, 0.5) is 0 Å². The minimum Gasteiger partial charge on any atom is -0.466 e. The van der Waals surface area contributed by atoms with Gasteiger partial charge in [-0.15, -0.1) is 0 Å². The third kappa shape index (κ3) is 5.69. The quantitative estimate of drug-likeness (QED) is 0.371. The Labute approximate surface area is 158 Å². The van der Waals surface area contributed by atoms with Gasteiger partial charge in [0.2, 0.25) is 0 Å². The summed E-state index contributed by atoms with van der Waals surface area (Å²) in [4.78, 5) is 23.8. The largest absolute Gasteiger partial charge is 0.466 e. The van der Waals surface area contributed by atoms with Gasteiger partial charge >= 0.3 is 5.97 Å². The highest BCUT2D eigenvalue weighted by Gasteiger charge is 2.42. The van der Waals surface area contributed by atoms with E-state index in [1.54, 1.807) is 0 Å². The van der Waals surface area contributed by atoms with Crippen LogP contribution in [0.3, 0.4) is 0 Å². The van der Waals surface area contributed by atoms with Crippen molar-refractivity contribution in [2.75, 3.05) is 7.11 Å². The van der Waals surface area contributed by atoms with Crippen molar-refractivity contribution in [1.29, 1.82) is 0 Å². The first-order valence-electron chi connectivity index (χ1n) is 8.96. The van der Waals surface area contributed by atoms with Crippen LogP contribution in [-0.4, -0.2) is 18.9 Å². The van der Waals surface area contributed by atoms with Crippen LogP contribution < -0.4 is 0 Å². The van der Waals surface area contributed by atoms with Crippen LogP contribution in [0.15, 0.2) is 58.7 Å². The predicted octanol–water partition coefficient (Wildman–Crippen LogP) is 5.51. The highest BCUT2D eigenvalue weighted by atomic mass is 16.5. The van der Waals surface area contributed by atoms with Crippen LogP contribution in [0.25, 0.3) is 0 Å². The molecule has 0 bridgehead atoms. The zero-order chi connectivity index (χ0) is 20.1. The maximum Gasteiger partial charge on any atom is 0.330 e. The van der Waals surface area contributed by atoms with Crippen LogP contribution in [0, 0.1) is 10.8 Å². The number of Topliss-reactive ketones (excluding diaryl/α,β-unsaturated/α-hetero) is 1. The van der Waals surface area contributed by atoms with E-state index < -0.39 is 0 Å². The maximum absolute atomic E-state index is 12.6. The van der Waals surface area contributed by atoms with Gasteiger partial charge in [-0.25, -0.2) is 4.79 Å². The monoisotopic (exact) mass is 356 g/mol. The molecule has 0 aromatic rings. The Hall–Kier alpha value is -2.16. The van der Waals surface area contributed by atoms with Crippen LogP contribution >= 0.6 is 0 Å². The summed E-state index contributed by atoms with van der Waals surface area (Å²) in [5, 5.41) is 0. The summed E-state index contributed by atoms with van der Waals surface area (Å²) in [6, 6.07) is 0. The summed E-state index contributed by atoms with van der Waals surface area (Å²) in [7, 11) is 1.36. The van der Waals surface area contributed by atoms with Crippen LogP contribution in [0.5, 0.6) is 0 Å². The summed E-state index contributed by atoms with van der Waals surface area (Å²) in [6.07, 6.45) is 12.1. The Bertz CT molecular complexity index is 723. The van der Waals surface area contributed by atoms with Crippen molar-refractivity contribution < 1.29 is 14.3 Å². The third-order valence-corrected chi connectivity index (χ3v) is 4.75. The normalized spacial score (nSPS) is 21.0. The summed E-state index contributed by atoms with van der Waals surface area (Å²) < 4.78 is 4.60. The van der Waals surface area contributed by atoms with Crippen molar-refractivity contribution in [3.63, 3.8) is 0 Å². The molecule has 0 aromatic carbocycles. The first-order chi connectivity index (χ1) is 11.9. The van der Waals surface area contributed by atoms with E-state index in [1.807, 2.05) is 58.9 Å². The summed E-state index contributed by atoms with van der Waals surface area (Å²) >= 11 is 0. The molecule has 142 valence electrons. The van der Waals surface area contributed by atoms with Gasteiger partial charge in [0.05, 0.1) is 7.11 Å². The number of ether oxygens (including phenoxy) is 1. The molecule has 0 saturated carbocycles. The van der Waals surface area contributed by atoms with Gasteiger partial charge in [-0.2, -0.15) is 0 Å². The minimum absolute atomic E-state index is 0.0338. The molecule has 0 amide bonds. The number of esters is 1. The lowest BCUT2D eigenvalue weighted by molar-refractivity contribution is -0.134. The number of allylic oxidation sites excluding steroid dienone is 9. The molecule has 0 unspecified atom stereocenters. The smallest absolute Gasteiger partial charge is 0.330 e. The van der Waals surface area contributed by atoms with E-state index in [2.05, 4.69) is 24.7 Å². The first-order valence-corrected chi connectivity index (χ1v) is 8.96. The fourth-order valence-corrected chi connectivity index (χ4v) is 3.68. The second-order valence-corrected chi connectivity index (χ2v) is 8.33. The van der Waals surface area contributed by atoms with Crippen LogP contribution in [0.1, 0.15) is 54.9 Å². The molecule has 3 nitrogen and oxygen atoms in total. The highest BCUT2D eigenvalue weighted by Crippen LogP contribution is 2.47. The molecule has 1 aliphatic rings. The molecule has 0 fully saturated rings. The Kier molecular flexibility index (Phi) is 7.14. The molecule has 0 N–H and O–H groups in total. The Morgan fingerprint density at radius 1 is 1.04 bits per heavy atom. The van der Waals surface area contributed by atoms with Crippen molar-refractivity contribution in [2.24, 2.45) is 10.8 Å².